The van der Waals surface area contributed by atoms with Crippen molar-refractivity contribution in [1.29, 1.82) is 0 Å². The molecule has 0 N–H and O–H groups in total. The summed E-state index contributed by atoms with van der Waals surface area (Å²) in [6.45, 7) is 7.56. The second-order valence-corrected chi connectivity index (χ2v) is 5.99. The molecule has 0 amide bonds. The Bertz CT molecular complexity index is 298. The summed E-state index contributed by atoms with van der Waals surface area (Å²) in [4.78, 5) is 0. The largest absolute Gasteiger partial charge is 0.381 e. The van der Waals surface area contributed by atoms with Gasteiger partial charge in [0.2, 0.25) is 0 Å². The van der Waals surface area contributed by atoms with Crippen LogP contribution in [0.15, 0.2) is 0 Å². The molecular formula is C13H22O3. The molecule has 0 bridgehead atoms. The summed E-state index contributed by atoms with van der Waals surface area (Å²) in [5.41, 5.74) is 0.0541. The Morgan fingerprint density at radius 1 is 1.31 bits per heavy atom. The highest BCUT2D eigenvalue weighted by atomic mass is 16.6. The average molecular weight is 226 g/mol. The van der Waals surface area contributed by atoms with Gasteiger partial charge in [0, 0.05) is 13.0 Å². The number of epoxide rings is 2. The normalized spacial score (nSPS) is 60.0. The number of hydrogen-bond acceptors (Lipinski definition) is 3. The molecule has 2 heterocycles. The minimum Gasteiger partial charge on any atom is -0.381 e. The first-order valence-electron chi connectivity index (χ1n) is 6.38. The molecule has 3 heteroatoms. The van der Waals surface area contributed by atoms with E-state index in [1.807, 2.05) is 7.11 Å². The third-order valence-corrected chi connectivity index (χ3v) is 5.06. The van der Waals surface area contributed by atoms with Crippen LogP contribution in [0.3, 0.4) is 0 Å². The summed E-state index contributed by atoms with van der Waals surface area (Å²) < 4.78 is 17.4. The molecule has 92 valence electrons. The number of hydrogen-bond donors (Lipinski definition) is 0. The zero-order valence-corrected chi connectivity index (χ0v) is 10.7. The summed E-state index contributed by atoms with van der Waals surface area (Å²) in [7, 11) is 1.83. The van der Waals surface area contributed by atoms with E-state index in [0.717, 1.165) is 6.61 Å². The monoisotopic (exact) mass is 226 g/mol. The van der Waals surface area contributed by atoms with Crippen LogP contribution in [-0.2, 0) is 14.2 Å². The molecule has 16 heavy (non-hydrogen) atoms. The molecule has 6 unspecified atom stereocenters. The van der Waals surface area contributed by atoms with Crippen molar-refractivity contribution in [2.45, 2.75) is 57.0 Å². The molecule has 0 aromatic rings. The van der Waals surface area contributed by atoms with Crippen molar-refractivity contribution < 1.29 is 14.2 Å². The molecule has 3 rings (SSSR count). The lowest BCUT2D eigenvalue weighted by Gasteiger charge is -2.42. The van der Waals surface area contributed by atoms with Gasteiger partial charge in [0.15, 0.2) is 0 Å². The van der Waals surface area contributed by atoms with Crippen LogP contribution >= 0.6 is 0 Å². The van der Waals surface area contributed by atoms with Crippen LogP contribution in [0.5, 0.6) is 0 Å². The van der Waals surface area contributed by atoms with Gasteiger partial charge in [-0.2, -0.15) is 0 Å². The predicted molar refractivity (Wildman–Crippen MR) is 60.3 cm³/mol. The van der Waals surface area contributed by atoms with Gasteiger partial charge in [-0.3, -0.25) is 0 Å². The molecular weight excluding hydrogens is 204 g/mol. The van der Waals surface area contributed by atoms with Crippen LogP contribution in [0, 0.1) is 11.8 Å². The zero-order valence-electron chi connectivity index (χ0n) is 10.7. The molecule has 1 saturated carbocycles. The van der Waals surface area contributed by atoms with Crippen molar-refractivity contribution in [2.75, 3.05) is 13.7 Å². The van der Waals surface area contributed by atoms with Crippen molar-refractivity contribution >= 4 is 0 Å². The van der Waals surface area contributed by atoms with E-state index in [4.69, 9.17) is 14.2 Å². The maximum Gasteiger partial charge on any atom is 0.0998 e. The van der Waals surface area contributed by atoms with Gasteiger partial charge in [-0.1, -0.05) is 6.92 Å². The Labute approximate surface area is 97.4 Å². The zero-order chi connectivity index (χ0) is 11.6. The highest BCUT2D eigenvalue weighted by Crippen LogP contribution is 2.59. The fourth-order valence-corrected chi connectivity index (χ4v) is 3.73. The van der Waals surface area contributed by atoms with Crippen molar-refractivity contribution in [1.82, 2.24) is 0 Å². The quantitative estimate of drug-likeness (QED) is 0.675. The first-order valence-corrected chi connectivity index (χ1v) is 6.38. The smallest absolute Gasteiger partial charge is 0.0998 e. The van der Waals surface area contributed by atoms with Gasteiger partial charge in [0.25, 0.3) is 0 Å². The van der Waals surface area contributed by atoms with Gasteiger partial charge >= 0.3 is 0 Å². The molecule has 3 fully saturated rings. The third kappa shape index (κ3) is 1.31. The molecule has 1 aliphatic carbocycles. The molecule has 2 aliphatic heterocycles. The summed E-state index contributed by atoms with van der Waals surface area (Å²) in [6.07, 6.45) is 3.01. The van der Waals surface area contributed by atoms with Gasteiger partial charge in [0.1, 0.15) is 0 Å². The van der Waals surface area contributed by atoms with Crippen molar-refractivity contribution in [3.8, 4) is 0 Å². The fourth-order valence-electron chi connectivity index (χ4n) is 3.73. The van der Waals surface area contributed by atoms with Crippen LogP contribution in [0.4, 0.5) is 0 Å². The summed E-state index contributed by atoms with van der Waals surface area (Å²) in [5, 5.41) is 0. The van der Waals surface area contributed by atoms with E-state index in [2.05, 4.69) is 20.8 Å². The third-order valence-electron chi connectivity index (χ3n) is 5.06. The molecule has 6 atom stereocenters. The van der Waals surface area contributed by atoms with E-state index >= 15 is 0 Å². The standard InChI is InChI=1S/C13H22O3/c1-8-5-6-13(7-15-13)11(10(8)14-4)12(3)9(2)16-12/h8-11H,5-7H2,1-4H3. The van der Waals surface area contributed by atoms with Crippen LogP contribution in [0.2, 0.25) is 0 Å². The van der Waals surface area contributed by atoms with Crippen LogP contribution in [0.1, 0.15) is 33.6 Å². The van der Waals surface area contributed by atoms with E-state index in [1.165, 1.54) is 12.8 Å². The van der Waals surface area contributed by atoms with Gasteiger partial charge in [-0.15, -0.1) is 0 Å². The molecule has 0 aromatic carbocycles. The average Bonchev–Trinajstić information content (AvgIpc) is 3.12. The highest BCUT2D eigenvalue weighted by Gasteiger charge is 2.70. The van der Waals surface area contributed by atoms with E-state index in [1.54, 1.807) is 0 Å². The minimum atomic E-state index is -0.0220. The second-order valence-electron chi connectivity index (χ2n) is 5.99. The second kappa shape index (κ2) is 3.21. The van der Waals surface area contributed by atoms with Crippen LogP contribution in [-0.4, -0.2) is 37.1 Å². The van der Waals surface area contributed by atoms with Gasteiger partial charge < -0.3 is 14.2 Å². The maximum absolute atomic E-state index is 5.84. The number of ether oxygens (including phenoxy) is 3. The maximum atomic E-state index is 5.84. The lowest BCUT2D eigenvalue weighted by molar-refractivity contribution is -0.0776. The fraction of sp³-hybridized carbons (Fsp3) is 1.00. The lowest BCUT2D eigenvalue weighted by atomic mass is 9.66. The Morgan fingerprint density at radius 3 is 2.38 bits per heavy atom. The first-order chi connectivity index (χ1) is 7.53. The van der Waals surface area contributed by atoms with E-state index in [-0.39, 0.29) is 17.3 Å². The number of methoxy groups -OCH3 is 1. The van der Waals surface area contributed by atoms with Crippen molar-refractivity contribution in [2.24, 2.45) is 11.8 Å². The Morgan fingerprint density at radius 2 is 1.94 bits per heavy atom. The van der Waals surface area contributed by atoms with Crippen LogP contribution < -0.4 is 0 Å². The van der Waals surface area contributed by atoms with Gasteiger partial charge in [0.05, 0.1) is 30.0 Å². The molecule has 3 nitrogen and oxygen atoms in total. The Balaban J connectivity index is 1.90. The molecule has 3 aliphatic rings. The molecule has 0 aromatic heterocycles. The van der Waals surface area contributed by atoms with E-state index < -0.39 is 0 Å². The molecule has 2 saturated heterocycles. The Hall–Kier alpha value is -0.120. The first kappa shape index (κ1) is 11.0. The van der Waals surface area contributed by atoms with Crippen molar-refractivity contribution in [3.05, 3.63) is 0 Å². The van der Waals surface area contributed by atoms with Gasteiger partial charge in [-0.25, -0.2) is 0 Å². The summed E-state index contributed by atoms with van der Waals surface area (Å²) >= 11 is 0. The van der Waals surface area contributed by atoms with Gasteiger partial charge in [-0.05, 0) is 32.6 Å². The number of rotatable bonds is 2. The predicted octanol–water partition coefficient (Wildman–Crippen LogP) is 1.99. The van der Waals surface area contributed by atoms with E-state index in [0.29, 0.717) is 17.9 Å². The lowest BCUT2D eigenvalue weighted by Crippen LogP contribution is -2.51. The Kier molecular flexibility index (Phi) is 2.21. The summed E-state index contributed by atoms with van der Waals surface area (Å²) in [6, 6.07) is 0. The summed E-state index contributed by atoms with van der Waals surface area (Å²) in [5.74, 6) is 1.02. The topological polar surface area (TPSA) is 34.3 Å². The highest BCUT2D eigenvalue weighted by molar-refractivity contribution is 5.18. The SMILES string of the molecule is COC1C(C)CCC2(CO2)C1C1(C)OC1C. The molecule has 1 spiro atoms. The van der Waals surface area contributed by atoms with E-state index in [9.17, 15) is 0 Å². The minimum absolute atomic E-state index is 0.0220. The molecule has 0 radical (unpaired) electrons. The van der Waals surface area contributed by atoms with Crippen LogP contribution in [0.25, 0.3) is 0 Å². The van der Waals surface area contributed by atoms with Crippen molar-refractivity contribution in [3.63, 3.8) is 0 Å².